The molecule has 0 aliphatic heterocycles. The van der Waals surface area contributed by atoms with E-state index in [9.17, 15) is 0 Å². The van der Waals surface area contributed by atoms with Crippen LogP contribution in [0, 0.1) is 11.3 Å². The Hall–Kier alpha value is -2.16. The van der Waals surface area contributed by atoms with Gasteiger partial charge in [0.2, 0.25) is 0 Å². The summed E-state index contributed by atoms with van der Waals surface area (Å²) >= 11 is 12.4. The molecule has 5 nitrogen and oxygen atoms in total. The predicted molar refractivity (Wildman–Crippen MR) is 81.6 cm³/mol. The second-order valence-corrected chi connectivity index (χ2v) is 5.28. The van der Waals surface area contributed by atoms with Crippen LogP contribution in [0.2, 0.25) is 10.0 Å². The zero-order chi connectivity index (χ0) is 15.0. The van der Waals surface area contributed by atoms with Crippen LogP contribution in [-0.4, -0.2) is 21.3 Å². The van der Waals surface area contributed by atoms with Crippen LogP contribution < -0.4 is 4.74 Å². The molecule has 0 fully saturated rings. The van der Waals surface area contributed by atoms with E-state index >= 15 is 0 Å². The van der Waals surface area contributed by atoms with E-state index in [4.69, 9.17) is 33.2 Å². The number of H-pyrrole nitrogens is 2. The van der Waals surface area contributed by atoms with E-state index in [1.807, 2.05) is 12.3 Å². The summed E-state index contributed by atoms with van der Waals surface area (Å²) in [6, 6.07) is 3.65. The van der Waals surface area contributed by atoms with Gasteiger partial charge in [-0.05, 0) is 6.92 Å². The molecule has 2 heterocycles. The van der Waals surface area contributed by atoms with Crippen molar-refractivity contribution < 1.29 is 4.74 Å². The molecular weight excluding hydrogens is 311 g/mol. The minimum absolute atomic E-state index is 0.366. The summed E-state index contributed by atoms with van der Waals surface area (Å²) in [6.45, 7) is 1.67. The van der Waals surface area contributed by atoms with E-state index < -0.39 is 6.10 Å². The van der Waals surface area contributed by atoms with Crippen LogP contribution >= 0.6 is 23.2 Å². The molecule has 0 amide bonds. The second kappa shape index (κ2) is 5.32. The van der Waals surface area contributed by atoms with Crippen LogP contribution in [0.15, 0.2) is 24.7 Å². The zero-order valence-corrected chi connectivity index (χ0v) is 12.5. The van der Waals surface area contributed by atoms with Crippen molar-refractivity contribution >= 4 is 34.1 Å². The number of ether oxygens (including phenoxy) is 1. The summed E-state index contributed by atoms with van der Waals surface area (Å²) in [5.74, 6) is 0.505. The first-order valence-corrected chi connectivity index (χ1v) is 6.92. The number of aromatic nitrogens is 3. The molecule has 3 rings (SSSR count). The molecule has 7 heteroatoms. The minimum atomic E-state index is -0.599. The van der Waals surface area contributed by atoms with Crippen molar-refractivity contribution in [2.45, 2.75) is 13.0 Å². The highest BCUT2D eigenvalue weighted by Crippen LogP contribution is 2.42. The van der Waals surface area contributed by atoms with Crippen molar-refractivity contribution in [1.82, 2.24) is 15.2 Å². The molecule has 0 saturated carbocycles. The van der Waals surface area contributed by atoms with Gasteiger partial charge in [-0.1, -0.05) is 23.2 Å². The molecule has 0 aliphatic rings. The number of nitrogens with zero attached hydrogens (tertiary/aromatic N) is 2. The van der Waals surface area contributed by atoms with Gasteiger partial charge in [-0.25, -0.2) is 0 Å². The summed E-state index contributed by atoms with van der Waals surface area (Å²) in [5.41, 5.74) is 2.42. The molecule has 21 heavy (non-hydrogen) atoms. The van der Waals surface area contributed by atoms with Gasteiger partial charge in [0.05, 0.1) is 27.1 Å². The van der Waals surface area contributed by atoms with Crippen molar-refractivity contribution in [3.05, 3.63) is 34.7 Å². The number of nitrogens with one attached hydrogen (secondary N) is 2. The summed E-state index contributed by atoms with van der Waals surface area (Å²) in [6.07, 6.45) is 4.67. The topological polar surface area (TPSA) is 77.5 Å². The smallest absolute Gasteiger partial charge is 0.181 e. The molecule has 106 valence electrons. The molecule has 0 saturated heterocycles. The molecule has 1 atom stereocenters. The first-order chi connectivity index (χ1) is 10.1. The standard InChI is InChI=1S/C14H10Cl2N4O/c1-7(3-17)21-11-2-10(15)13(16)14-12(11)9(6-18-14)8-4-19-20-5-8/h2,4-7,18H,1H3,(H,19,20)/t7-/m0/s1. The van der Waals surface area contributed by atoms with Crippen LogP contribution in [-0.2, 0) is 0 Å². The van der Waals surface area contributed by atoms with Crippen LogP contribution in [0.25, 0.3) is 22.0 Å². The number of benzene rings is 1. The SMILES string of the molecule is C[C@@H](C#N)Oc1cc(Cl)c(Cl)c2[nH]cc(-c3cn[nH]c3)c12. The molecule has 0 spiro atoms. The Morgan fingerprint density at radius 2 is 2.19 bits per heavy atom. The number of hydrogen-bond donors (Lipinski definition) is 2. The van der Waals surface area contributed by atoms with Gasteiger partial charge in [-0.3, -0.25) is 5.10 Å². The third-order valence-electron chi connectivity index (χ3n) is 3.11. The Morgan fingerprint density at radius 1 is 1.38 bits per heavy atom. The summed E-state index contributed by atoms with van der Waals surface area (Å²) < 4.78 is 5.65. The number of aromatic amines is 2. The van der Waals surface area contributed by atoms with Gasteiger partial charge in [-0.2, -0.15) is 10.4 Å². The lowest BCUT2D eigenvalue weighted by atomic mass is 10.1. The van der Waals surface area contributed by atoms with Gasteiger partial charge < -0.3 is 9.72 Å². The van der Waals surface area contributed by atoms with Gasteiger partial charge >= 0.3 is 0 Å². The summed E-state index contributed by atoms with van der Waals surface area (Å²) in [4.78, 5) is 3.10. The van der Waals surface area contributed by atoms with Crippen LogP contribution in [0.3, 0.4) is 0 Å². The molecule has 1 aromatic carbocycles. The number of fused-ring (bicyclic) bond motifs is 1. The maximum atomic E-state index is 8.94. The Balaban J connectivity index is 2.28. The van der Waals surface area contributed by atoms with E-state index in [0.29, 0.717) is 21.3 Å². The van der Waals surface area contributed by atoms with Gasteiger partial charge in [0.15, 0.2) is 6.10 Å². The fraction of sp³-hybridized carbons (Fsp3) is 0.143. The minimum Gasteiger partial charge on any atom is -0.475 e. The highest BCUT2D eigenvalue weighted by molar-refractivity contribution is 6.45. The Labute approximate surface area is 130 Å². The van der Waals surface area contributed by atoms with Crippen LogP contribution in [0.5, 0.6) is 5.75 Å². The van der Waals surface area contributed by atoms with E-state index in [-0.39, 0.29) is 0 Å². The van der Waals surface area contributed by atoms with Gasteiger partial charge in [0.25, 0.3) is 0 Å². The van der Waals surface area contributed by atoms with Crippen molar-refractivity contribution in [3.63, 3.8) is 0 Å². The highest BCUT2D eigenvalue weighted by Gasteiger charge is 2.18. The number of halogens is 2. The monoisotopic (exact) mass is 320 g/mol. The average molecular weight is 321 g/mol. The summed E-state index contributed by atoms with van der Waals surface area (Å²) in [5, 5.41) is 17.2. The fourth-order valence-electron chi connectivity index (χ4n) is 2.16. The maximum absolute atomic E-state index is 8.94. The fourth-order valence-corrected chi connectivity index (χ4v) is 2.56. The van der Waals surface area contributed by atoms with Gasteiger partial charge in [0.1, 0.15) is 11.8 Å². The average Bonchev–Trinajstić information content (AvgIpc) is 3.12. The summed E-state index contributed by atoms with van der Waals surface area (Å²) in [7, 11) is 0. The van der Waals surface area contributed by atoms with Crippen LogP contribution in [0.4, 0.5) is 0 Å². The molecule has 2 aromatic heterocycles. The molecule has 0 unspecified atom stereocenters. The number of hydrogen-bond acceptors (Lipinski definition) is 3. The van der Waals surface area contributed by atoms with Crippen molar-refractivity contribution in [2.24, 2.45) is 0 Å². The Kier molecular flexibility index (Phi) is 3.50. The molecule has 0 radical (unpaired) electrons. The maximum Gasteiger partial charge on any atom is 0.181 e. The Morgan fingerprint density at radius 3 is 2.86 bits per heavy atom. The van der Waals surface area contributed by atoms with Crippen molar-refractivity contribution in [1.29, 1.82) is 5.26 Å². The third-order valence-corrected chi connectivity index (χ3v) is 3.90. The largest absolute Gasteiger partial charge is 0.475 e. The number of rotatable bonds is 3. The first kappa shape index (κ1) is 13.8. The molecule has 0 aliphatic carbocycles. The third kappa shape index (κ3) is 2.33. The van der Waals surface area contributed by atoms with E-state index in [1.54, 1.807) is 25.4 Å². The zero-order valence-electron chi connectivity index (χ0n) is 10.9. The normalized spacial score (nSPS) is 12.3. The molecule has 3 aromatic rings. The Bertz CT molecular complexity index is 833. The quantitative estimate of drug-likeness (QED) is 0.760. The van der Waals surface area contributed by atoms with E-state index in [0.717, 1.165) is 16.5 Å². The lowest BCUT2D eigenvalue weighted by Gasteiger charge is -2.12. The second-order valence-electron chi connectivity index (χ2n) is 4.50. The van der Waals surface area contributed by atoms with Crippen LogP contribution in [0.1, 0.15) is 6.92 Å². The van der Waals surface area contributed by atoms with Crippen molar-refractivity contribution in [3.8, 4) is 22.9 Å². The predicted octanol–water partition coefficient (Wildman–Crippen LogP) is 4.16. The molecule has 2 N–H and O–H groups in total. The highest BCUT2D eigenvalue weighted by atomic mass is 35.5. The number of nitriles is 1. The van der Waals surface area contributed by atoms with Crippen molar-refractivity contribution in [2.75, 3.05) is 0 Å². The van der Waals surface area contributed by atoms with E-state index in [1.165, 1.54) is 0 Å². The lowest BCUT2D eigenvalue weighted by Crippen LogP contribution is -2.08. The molecule has 0 bridgehead atoms. The lowest BCUT2D eigenvalue weighted by molar-refractivity contribution is 0.280. The first-order valence-electron chi connectivity index (χ1n) is 6.16. The molecular formula is C14H10Cl2N4O. The van der Waals surface area contributed by atoms with Gasteiger partial charge in [0, 0.05) is 29.6 Å². The van der Waals surface area contributed by atoms with E-state index in [2.05, 4.69) is 15.2 Å². The van der Waals surface area contributed by atoms with Gasteiger partial charge in [-0.15, -0.1) is 0 Å².